The van der Waals surface area contributed by atoms with E-state index in [0.717, 1.165) is 0 Å². The number of nitro benzene ring substituents is 1. The summed E-state index contributed by atoms with van der Waals surface area (Å²) in [6.07, 6.45) is 0. The van der Waals surface area contributed by atoms with Gasteiger partial charge in [-0.05, 0) is 30.3 Å². The molecule has 0 aliphatic carbocycles. The number of amides is 1. The molecule has 0 heterocycles. The van der Waals surface area contributed by atoms with Gasteiger partial charge in [0.25, 0.3) is 11.6 Å². The molecule has 0 atom stereocenters. The molecule has 0 aliphatic rings. The zero-order valence-corrected chi connectivity index (χ0v) is 15.4. The Morgan fingerprint density at radius 2 is 1.74 bits per heavy atom. The predicted octanol–water partition coefficient (Wildman–Crippen LogP) is 3.29. The summed E-state index contributed by atoms with van der Waals surface area (Å²) < 4.78 is 4.90. The Morgan fingerprint density at radius 1 is 1.04 bits per heavy atom. The highest BCUT2D eigenvalue weighted by Crippen LogP contribution is 2.22. The lowest BCUT2D eigenvalue weighted by molar-refractivity contribution is -0.384. The van der Waals surface area contributed by atoms with Gasteiger partial charge >= 0.3 is 5.97 Å². The van der Waals surface area contributed by atoms with Crippen LogP contribution in [0.4, 0.5) is 11.4 Å². The summed E-state index contributed by atoms with van der Waals surface area (Å²) >= 11 is 11.6. The fraction of sp³-hybridized carbons (Fsp3) is 0.176. The molecule has 142 valence electrons. The summed E-state index contributed by atoms with van der Waals surface area (Å²) in [6.45, 7) is 0.237. The number of hydrogen-bond acceptors (Lipinski definition) is 6. The maximum Gasteiger partial charge on any atom is 0.338 e. The van der Waals surface area contributed by atoms with E-state index in [1.807, 2.05) is 0 Å². The molecule has 10 heteroatoms. The highest BCUT2D eigenvalue weighted by molar-refractivity contribution is 6.42. The van der Waals surface area contributed by atoms with Crippen molar-refractivity contribution in [2.75, 3.05) is 25.0 Å². The van der Waals surface area contributed by atoms with E-state index in [1.165, 1.54) is 30.3 Å². The van der Waals surface area contributed by atoms with Gasteiger partial charge in [0.05, 0.1) is 20.5 Å². The van der Waals surface area contributed by atoms with E-state index >= 15 is 0 Å². The average Bonchev–Trinajstić information content (AvgIpc) is 2.65. The van der Waals surface area contributed by atoms with Gasteiger partial charge < -0.3 is 15.4 Å². The van der Waals surface area contributed by atoms with E-state index in [1.54, 1.807) is 12.1 Å². The first-order valence-electron chi connectivity index (χ1n) is 7.74. The molecule has 0 fully saturated rings. The normalized spacial score (nSPS) is 10.1. The van der Waals surface area contributed by atoms with Crippen LogP contribution < -0.4 is 10.6 Å². The third-order valence-electron chi connectivity index (χ3n) is 3.34. The number of rotatable bonds is 8. The van der Waals surface area contributed by atoms with Gasteiger partial charge in [-0.1, -0.05) is 23.2 Å². The van der Waals surface area contributed by atoms with Crippen LogP contribution in [0.1, 0.15) is 10.4 Å². The van der Waals surface area contributed by atoms with E-state index in [-0.39, 0.29) is 22.8 Å². The first-order chi connectivity index (χ1) is 12.9. The van der Waals surface area contributed by atoms with Gasteiger partial charge in [0.1, 0.15) is 0 Å². The zero-order chi connectivity index (χ0) is 19.8. The number of ether oxygens (including phenoxy) is 1. The number of non-ortho nitro benzene ring substituents is 1. The molecule has 27 heavy (non-hydrogen) atoms. The lowest BCUT2D eigenvalue weighted by Gasteiger charge is -2.09. The monoisotopic (exact) mass is 411 g/mol. The number of nitrogens with zero attached hydrogens (tertiary/aromatic N) is 1. The molecule has 8 nitrogen and oxygen atoms in total. The molecule has 1 amide bonds. The van der Waals surface area contributed by atoms with Crippen LogP contribution in [0, 0.1) is 10.1 Å². The first-order valence-corrected chi connectivity index (χ1v) is 8.49. The Labute approximate surface area is 164 Å². The third kappa shape index (κ3) is 6.43. The Balaban J connectivity index is 1.67. The Kier molecular flexibility index (Phi) is 7.39. The molecular formula is C17H15Cl2N3O5. The van der Waals surface area contributed by atoms with Crippen LogP contribution in [0.2, 0.25) is 10.0 Å². The number of hydrogen-bond donors (Lipinski definition) is 2. The largest absolute Gasteiger partial charge is 0.452 e. The Bertz CT molecular complexity index is 843. The van der Waals surface area contributed by atoms with Crippen molar-refractivity contribution in [2.45, 2.75) is 0 Å². The predicted molar refractivity (Wildman–Crippen MR) is 101 cm³/mol. The van der Waals surface area contributed by atoms with E-state index in [2.05, 4.69) is 10.6 Å². The second-order valence-electron chi connectivity index (χ2n) is 5.29. The van der Waals surface area contributed by atoms with Crippen LogP contribution in [-0.4, -0.2) is 36.5 Å². The van der Waals surface area contributed by atoms with Crippen molar-refractivity contribution in [1.82, 2.24) is 5.32 Å². The minimum Gasteiger partial charge on any atom is -0.452 e. The highest BCUT2D eigenvalue weighted by Gasteiger charge is 2.11. The summed E-state index contributed by atoms with van der Waals surface area (Å²) in [5.74, 6) is -1.15. The maximum absolute atomic E-state index is 11.8. The van der Waals surface area contributed by atoms with Crippen molar-refractivity contribution in [3.8, 4) is 0 Å². The van der Waals surface area contributed by atoms with Crippen molar-refractivity contribution >= 4 is 46.5 Å². The summed E-state index contributed by atoms with van der Waals surface area (Å²) in [6, 6.07) is 10.2. The van der Waals surface area contributed by atoms with Gasteiger partial charge in [-0.15, -0.1) is 0 Å². The minimum atomic E-state index is -0.687. The number of benzene rings is 2. The van der Waals surface area contributed by atoms with Crippen LogP contribution >= 0.6 is 23.2 Å². The Morgan fingerprint density at radius 3 is 2.37 bits per heavy atom. The summed E-state index contributed by atoms with van der Waals surface area (Å²) in [5, 5.41) is 16.7. The second kappa shape index (κ2) is 9.75. The van der Waals surface area contributed by atoms with Crippen molar-refractivity contribution in [3.05, 3.63) is 68.2 Å². The van der Waals surface area contributed by atoms with E-state index < -0.39 is 23.4 Å². The lowest BCUT2D eigenvalue weighted by Crippen LogP contribution is -2.32. The molecule has 0 bridgehead atoms. The molecule has 0 spiro atoms. The molecule has 0 unspecified atom stereocenters. The van der Waals surface area contributed by atoms with Gasteiger partial charge in [-0.2, -0.15) is 0 Å². The molecule has 0 aromatic heterocycles. The van der Waals surface area contributed by atoms with Gasteiger partial charge in [-0.25, -0.2) is 4.79 Å². The molecular weight excluding hydrogens is 397 g/mol. The zero-order valence-electron chi connectivity index (χ0n) is 13.9. The van der Waals surface area contributed by atoms with Crippen LogP contribution in [0.15, 0.2) is 42.5 Å². The molecule has 2 rings (SSSR count). The first kappa shape index (κ1) is 20.5. The fourth-order valence-electron chi connectivity index (χ4n) is 2.00. The number of nitrogens with one attached hydrogen (secondary N) is 2. The number of esters is 1. The van der Waals surface area contributed by atoms with Gasteiger partial charge in [-0.3, -0.25) is 14.9 Å². The third-order valence-corrected chi connectivity index (χ3v) is 4.08. The number of carbonyl (C=O) groups excluding carboxylic acids is 2. The summed E-state index contributed by atoms with van der Waals surface area (Å²) in [5.41, 5.74) is 0.871. The number of halogens is 2. The number of anilines is 1. The smallest absolute Gasteiger partial charge is 0.338 e. The topological polar surface area (TPSA) is 111 Å². The number of nitro groups is 1. The second-order valence-corrected chi connectivity index (χ2v) is 6.10. The summed E-state index contributed by atoms with van der Waals surface area (Å²) in [4.78, 5) is 33.6. The van der Waals surface area contributed by atoms with Crippen LogP contribution in [0.5, 0.6) is 0 Å². The highest BCUT2D eigenvalue weighted by atomic mass is 35.5. The van der Waals surface area contributed by atoms with Crippen molar-refractivity contribution in [1.29, 1.82) is 0 Å². The SMILES string of the molecule is O=C(COC(=O)c1ccc(Cl)c(Cl)c1)NCCNc1ccc([N+](=O)[O-])cc1. The van der Waals surface area contributed by atoms with E-state index in [4.69, 9.17) is 27.9 Å². The number of carbonyl (C=O) groups is 2. The molecule has 2 aromatic rings. The summed E-state index contributed by atoms with van der Waals surface area (Å²) in [7, 11) is 0. The molecule has 0 saturated carbocycles. The molecule has 0 saturated heterocycles. The molecule has 2 N–H and O–H groups in total. The van der Waals surface area contributed by atoms with Crippen LogP contribution in [0.25, 0.3) is 0 Å². The van der Waals surface area contributed by atoms with Crippen LogP contribution in [0.3, 0.4) is 0 Å². The molecule has 0 aliphatic heterocycles. The molecule has 0 radical (unpaired) electrons. The maximum atomic E-state index is 11.8. The van der Waals surface area contributed by atoms with Crippen molar-refractivity contribution < 1.29 is 19.2 Å². The van der Waals surface area contributed by atoms with E-state index in [9.17, 15) is 19.7 Å². The van der Waals surface area contributed by atoms with Gasteiger partial charge in [0, 0.05) is 30.9 Å². The fourth-order valence-corrected chi connectivity index (χ4v) is 2.30. The van der Waals surface area contributed by atoms with Gasteiger partial charge in [0.15, 0.2) is 6.61 Å². The lowest BCUT2D eigenvalue weighted by atomic mass is 10.2. The van der Waals surface area contributed by atoms with E-state index in [0.29, 0.717) is 17.3 Å². The standard InChI is InChI=1S/C17H15Cl2N3O5/c18-14-6-1-11(9-15(14)19)17(24)27-10-16(23)21-8-7-20-12-2-4-13(5-3-12)22(25)26/h1-6,9,20H,7-8,10H2,(H,21,23). The van der Waals surface area contributed by atoms with Crippen molar-refractivity contribution in [2.24, 2.45) is 0 Å². The quantitative estimate of drug-likeness (QED) is 0.298. The van der Waals surface area contributed by atoms with Crippen LogP contribution in [-0.2, 0) is 9.53 Å². The average molecular weight is 412 g/mol. The minimum absolute atomic E-state index is 0.00218. The molecule has 2 aromatic carbocycles. The van der Waals surface area contributed by atoms with Gasteiger partial charge in [0.2, 0.25) is 0 Å². The van der Waals surface area contributed by atoms with Crippen molar-refractivity contribution in [3.63, 3.8) is 0 Å². The Hall–Kier alpha value is -2.84.